The highest BCUT2D eigenvalue weighted by Gasteiger charge is 2.25. The fourth-order valence-corrected chi connectivity index (χ4v) is 3.52. The Bertz CT molecular complexity index is 837. The third kappa shape index (κ3) is 5.19. The lowest BCUT2D eigenvalue weighted by atomic mass is 9.94. The van der Waals surface area contributed by atoms with Gasteiger partial charge in [-0.2, -0.15) is 0 Å². The summed E-state index contributed by atoms with van der Waals surface area (Å²) in [4.78, 5) is 27.5. The molecule has 0 aliphatic carbocycles. The van der Waals surface area contributed by atoms with Crippen molar-refractivity contribution < 1.29 is 14.6 Å². The molecule has 1 saturated heterocycles. The van der Waals surface area contributed by atoms with Gasteiger partial charge in [0.1, 0.15) is 22.9 Å². The van der Waals surface area contributed by atoms with Crippen molar-refractivity contribution in [1.29, 1.82) is 0 Å². The van der Waals surface area contributed by atoms with E-state index < -0.39 is 0 Å². The molecule has 1 N–H and O–H groups in total. The number of aromatic nitrogens is 4. The minimum atomic E-state index is -0.272. The normalized spacial score (nSPS) is 15.5. The number of imidazole rings is 1. The van der Waals surface area contributed by atoms with Gasteiger partial charge in [-0.05, 0) is 18.8 Å². The van der Waals surface area contributed by atoms with Crippen molar-refractivity contribution >= 4 is 5.91 Å². The molecule has 8 heteroatoms. The maximum Gasteiger partial charge on any atom is 0.273 e. The molecule has 3 heterocycles. The zero-order chi connectivity index (χ0) is 21.0. The van der Waals surface area contributed by atoms with E-state index in [1.54, 1.807) is 13.2 Å². The molecule has 0 atom stereocenters. The van der Waals surface area contributed by atoms with Crippen LogP contribution in [0.2, 0.25) is 0 Å². The molecular weight excluding hydrogens is 370 g/mol. The standard InChI is InChI=1S/C21H31N5O3/c1-21(2,3)20-24-18(14-26(20)13-15-5-9-29-10-6-15)16-11-22-12-17(23-16)19(28)25(4)7-8-27/h11-12,14-15,27H,5-10,13H2,1-4H3. The molecule has 8 nitrogen and oxygen atoms in total. The number of amides is 1. The number of carbonyl (C=O) groups excluding carboxylic acids is 1. The summed E-state index contributed by atoms with van der Waals surface area (Å²) >= 11 is 0. The number of hydrogen-bond donors (Lipinski definition) is 1. The first-order valence-electron chi connectivity index (χ1n) is 10.1. The van der Waals surface area contributed by atoms with Gasteiger partial charge in [0.25, 0.3) is 5.91 Å². The zero-order valence-corrected chi connectivity index (χ0v) is 17.8. The number of nitrogens with zero attached hydrogens (tertiary/aromatic N) is 5. The number of aliphatic hydroxyl groups excluding tert-OH is 1. The molecule has 0 aromatic carbocycles. The Morgan fingerprint density at radius 2 is 1.97 bits per heavy atom. The third-order valence-corrected chi connectivity index (χ3v) is 5.14. The Balaban J connectivity index is 1.90. The maximum atomic E-state index is 12.5. The van der Waals surface area contributed by atoms with Crippen LogP contribution >= 0.6 is 0 Å². The van der Waals surface area contributed by atoms with Gasteiger partial charge in [-0.1, -0.05) is 20.8 Å². The van der Waals surface area contributed by atoms with E-state index >= 15 is 0 Å². The summed E-state index contributed by atoms with van der Waals surface area (Å²) in [6.45, 7) is 9.12. The molecule has 0 radical (unpaired) electrons. The highest BCUT2D eigenvalue weighted by atomic mass is 16.5. The lowest BCUT2D eigenvalue weighted by Crippen LogP contribution is -2.30. The Morgan fingerprint density at radius 1 is 1.24 bits per heavy atom. The zero-order valence-electron chi connectivity index (χ0n) is 17.8. The predicted molar refractivity (Wildman–Crippen MR) is 110 cm³/mol. The fraction of sp³-hybridized carbons (Fsp3) is 0.619. The van der Waals surface area contributed by atoms with Crippen molar-refractivity contribution in [1.82, 2.24) is 24.4 Å². The topological polar surface area (TPSA) is 93.4 Å². The van der Waals surface area contributed by atoms with Crippen molar-refractivity contribution in [3.8, 4) is 11.4 Å². The monoisotopic (exact) mass is 401 g/mol. The van der Waals surface area contributed by atoms with Crippen molar-refractivity contribution in [2.45, 2.75) is 45.6 Å². The van der Waals surface area contributed by atoms with Gasteiger partial charge in [0.05, 0.1) is 19.0 Å². The number of hydrogen-bond acceptors (Lipinski definition) is 6. The summed E-state index contributed by atoms with van der Waals surface area (Å²) < 4.78 is 7.71. The molecular formula is C21H31N5O3. The minimum absolute atomic E-state index is 0.0963. The molecule has 0 spiro atoms. The van der Waals surface area contributed by atoms with Gasteiger partial charge >= 0.3 is 0 Å². The maximum absolute atomic E-state index is 12.5. The van der Waals surface area contributed by atoms with Crippen molar-refractivity contribution in [3.63, 3.8) is 0 Å². The van der Waals surface area contributed by atoms with Crippen LogP contribution in [0.15, 0.2) is 18.6 Å². The van der Waals surface area contributed by atoms with Crippen LogP contribution in [-0.2, 0) is 16.7 Å². The molecule has 0 saturated carbocycles. The van der Waals surface area contributed by atoms with E-state index in [2.05, 4.69) is 35.3 Å². The molecule has 3 rings (SSSR count). The Morgan fingerprint density at radius 3 is 2.62 bits per heavy atom. The Hall–Kier alpha value is -2.32. The average Bonchev–Trinajstić information content (AvgIpc) is 3.13. The number of carbonyl (C=O) groups is 1. The van der Waals surface area contributed by atoms with Gasteiger partial charge in [0, 0.05) is 45.0 Å². The molecule has 0 unspecified atom stereocenters. The number of ether oxygens (including phenoxy) is 1. The van der Waals surface area contributed by atoms with Crippen LogP contribution in [-0.4, -0.2) is 68.8 Å². The molecule has 0 bridgehead atoms. The van der Waals surface area contributed by atoms with Crippen molar-refractivity contribution in [2.24, 2.45) is 5.92 Å². The first kappa shape index (κ1) is 21.4. The SMILES string of the molecule is CN(CCO)C(=O)c1cncc(-c2cn(CC3CCOCC3)c(C(C)(C)C)n2)n1. The van der Waals surface area contributed by atoms with E-state index in [4.69, 9.17) is 14.8 Å². The third-order valence-electron chi connectivity index (χ3n) is 5.14. The van der Waals surface area contributed by atoms with Gasteiger partial charge in [-0.15, -0.1) is 0 Å². The van der Waals surface area contributed by atoms with Crippen molar-refractivity contribution in [2.75, 3.05) is 33.4 Å². The molecule has 158 valence electrons. The minimum Gasteiger partial charge on any atom is -0.395 e. The number of likely N-dealkylation sites (N-methyl/N-ethyl adjacent to an activating group) is 1. The van der Waals surface area contributed by atoms with Crippen LogP contribution in [0, 0.1) is 5.92 Å². The van der Waals surface area contributed by atoms with E-state index in [9.17, 15) is 4.79 Å². The molecule has 1 amide bonds. The lowest BCUT2D eigenvalue weighted by Gasteiger charge is -2.25. The van der Waals surface area contributed by atoms with Gasteiger partial charge in [-0.25, -0.2) is 9.97 Å². The summed E-state index contributed by atoms with van der Waals surface area (Å²) in [5.74, 6) is 1.29. The average molecular weight is 402 g/mol. The fourth-order valence-electron chi connectivity index (χ4n) is 3.52. The second kappa shape index (κ2) is 9.00. The molecule has 29 heavy (non-hydrogen) atoms. The molecule has 2 aromatic rings. The largest absolute Gasteiger partial charge is 0.395 e. The second-order valence-electron chi connectivity index (χ2n) is 8.65. The smallest absolute Gasteiger partial charge is 0.273 e. The van der Waals surface area contributed by atoms with Gasteiger partial charge in [-0.3, -0.25) is 9.78 Å². The lowest BCUT2D eigenvalue weighted by molar-refractivity contribution is 0.0607. The molecule has 1 aliphatic heterocycles. The molecule has 1 aliphatic rings. The van der Waals surface area contributed by atoms with Crippen LogP contribution in [0.1, 0.15) is 49.9 Å². The van der Waals surface area contributed by atoms with Crippen LogP contribution in [0.5, 0.6) is 0 Å². The van der Waals surface area contributed by atoms with Gasteiger partial charge in [0.15, 0.2) is 0 Å². The van der Waals surface area contributed by atoms with Gasteiger partial charge < -0.3 is 19.3 Å². The summed E-state index contributed by atoms with van der Waals surface area (Å²) in [5, 5.41) is 9.06. The Kier molecular flexibility index (Phi) is 6.64. The van der Waals surface area contributed by atoms with Crippen molar-refractivity contribution in [3.05, 3.63) is 30.1 Å². The first-order valence-corrected chi connectivity index (χ1v) is 10.1. The van der Waals surface area contributed by atoms with Crippen LogP contribution in [0.25, 0.3) is 11.4 Å². The van der Waals surface area contributed by atoms with E-state index in [0.717, 1.165) is 38.4 Å². The van der Waals surface area contributed by atoms with Crippen LogP contribution in [0.3, 0.4) is 0 Å². The molecule has 1 fully saturated rings. The van der Waals surface area contributed by atoms with E-state index in [0.29, 0.717) is 17.3 Å². The summed E-state index contributed by atoms with van der Waals surface area (Å²) in [6.07, 6.45) is 7.21. The summed E-state index contributed by atoms with van der Waals surface area (Å²) in [6, 6.07) is 0. The van der Waals surface area contributed by atoms with Crippen LogP contribution < -0.4 is 0 Å². The van der Waals surface area contributed by atoms with E-state index in [-0.39, 0.29) is 30.2 Å². The summed E-state index contributed by atoms with van der Waals surface area (Å²) in [5.41, 5.74) is 1.42. The highest BCUT2D eigenvalue weighted by Crippen LogP contribution is 2.28. The van der Waals surface area contributed by atoms with Gasteiger partial charge in [0.2, 0.25) is 0 Å². The highest BCUT2D eigenvalue weighted by molar-refractivity contribution is 5.92. The number of rotatable bonds is 6. The first-order chi connectivity index (χ1) is 13.8. The predicted octanol–water partition coefficient (Wildman–Crippen LogP) is 2.13. The number of aliphatic hydroxyl groups is 1. The van der Waals surface area contributed by atoms with E-state index in [1.165, 1.54) is 11.1 Å². The molecule has 2 aromatic heterocycles. The summed E-state index contributed by atoms with van der Waals surface area (Å²) in [7, 11) is 1.63. The quantitative estimate of drug-likeness (QED) is 0.797. The Labute approximate surface area is 171 Å². The second-order valence-corrected chi connectivity index (χ2v) is 8.65. The van der Waals surface area contributed by atoms with Crippen LogP contribution in [0.4, 0.5) is 0 Å². The van der Waals surface area contributed by atoms with E-state index in [1.807, 2.05) is 6.20 Å².